The smallest absolute Gasteiger partial charge is 0.259 e. The molecule has 0 unspecified atom stereocenters. The van der Waals surface area contributed by atoms with E-state index < -0.39 is 14.8 Å². The third kappa shape index (κ3) is 2.26. The molecule has 7 heteroatoms. The highest BCUT2D eigenvalue weighted by molar-refractivity contribution is 7.94. The Balaban J connectivity index is 2.07. The van der Waals surface area contributed by atoms with Crippen LogP contribution in [0.4, 0.5) is 5.82 Å². The summed E-state index contributed by atoms with van der Waals surface area (Å²) in [5, 5.41) is 3.13. The maximum Gasteiger partial charge on any atom is 0.259 e. The summed E-state index contributed by atoms with van der Waals surface area (Å²) >= 11 is 0. The van der Waals surface area contributed by atoms with E-state index in [0.717, 1.165) is 23.1 Å². The van der Waals surface area contributed by atoms with Gasteiger partial charge < -0.3 is 5.32 Å². The lowest BCUT2D eigenvalue weighted by atomic mass is 10.1. The number of sulfonamides is 1. The quantitative estimate of drug-likeness (QED) is 0.887. The summed E-state index contributed by atoms with van der Waals surface area (Å²) in [6.45, 7) is 5.79. The molecule has 1 amide bonds. The van der Waals surface area contributed by atoms with Gasteiger partial charge in [0, 0.05) is 12.7 Å². The van der Waals surface area contributed by atoms with E-state index in [1.807, 2.05) is 0 Å². The number of rotatable bonds is 5. The molecule has 1 N–H and O–H groups in total. The van der Waals surface area contributed by atoms with Gasteiger partial charge in [0.25, 0.3) is 15.9 Å². The van der Waals surface area contributed by atoms with Gasteiger partial charge in [-0.25, -0.2) is 17.7 Å². The molecule has 110 valence electrons. The van der Waals surface area contributed by atoms with Gasteiger partial charge >= 0.3 is 0 Å². The fourth-order valence-corrected chi connectivity index (χ4v) is 3.47. The number of carbonyl (C=O) groups excluding carboxylic acids is 1. The summed E-state index contributed by atoms with van der Waals surface area (Å²) in [5.74, 6) is 0.374. The molecule has 1 fully saturated rings. The Bertz CT molecular complexity index is 608. The summed E-state index contributed by atoms with van der Waals surface area (Å²) in [6, 6.07) is 3.56. The van der Waals surface area contributed by atoms with Crippen LogP contribution in [-0.4, -0.2) is 34.9 Å². The SMILES string of the molecule is CCCNc1ccc(CN2C(=O)C(C)(C)S2(=O)=O)cn1. The molecule has 20 heavy (non-hydrogen) atoms. The summed E-state index contributed by atoms with van der Waals surface area (Å²) in [7, 11) is -3.53. The standard InChI is InChI=1S/C13H19N3O3S/c1-4-7-14-11-6-5-10(8-15-11)9-16-12(17)13(2,3)20(16,18)19/h5-6,8H,4,7,9H2,1-3H3,(H,14,15). The van der Waals surface area contributed by atoms with Crippen LogP contribution in [-0.2, 0) is 21.4 Å². The van der Waals surface area contributed by atoms with E-state index in [1.54, 1.807) is 18.3 Å². The van der Waals surface area contributed by atoms with Crippen LogP contribution in [0.15, 0.2) is 18.3 Å². The van der Waals surface area contributed by atoms with Crippen molar-refractivity contribution >= 4 is 21.7 Å². The second kappa shape index (κ2) is 5.05. The molecule has 0 saturated carbocycles. The van der Waals surface area contributed by atoms with Gasteiger partial charge in [0.05, 0.1) is 6.54 Å². The van der Waals surface area contributed by atoms with Gasteiger partial charge in [0.1, 0.15) is 5.82 Å². The number of nitrogens with one attached hydrogen (secondary N) is 1. The van der Waals surface area contributed by atoms with Crippen molar-refractivity contribution in [2.24, 2.45) is 0 Å². The van der Waals surface area contributed by atoms with Gasteiger partial charge in [-0.1, -0.05) is 13.0 Å². The third-order valence-corrected chi connectivity index (χ3v) is 5.72. The van der Waals surface area contributed by atoms with Crippen LogP contribution < -0.4 is 5.32 Å². The first kappa shape index (κ1) is 14.8. The number of anilines is 1. The van der Waals surface area contributed by atoms with Crippen LogP contribution in [0.1, 0.15) is 32.8 Å². The van der Waals surface area contributed by atoms with Gasteiger partial charge in [-0.05, 0) is 31.9 Å². The number of carbonyl (C=O) groups is 1. The number of hydrogen-bond donors (Lipinski definition) is 1. The topological polar surface area (TPSA) is 79.4 Å². The zero-order chi connectivity index (χ0) is 15.0. The predicted molar refractivity (Wildman–Crippen MR) is 76.6 cm³/mol. The lowest BCUT2D eigenvalue weighted by Crippen LogP contribution is -2.66. The fourth-order valence-electron chi connectivity index (χ4n) is 1.95. The van der Waals surface area contributed by atoms with Crippen molar-refractivity contribution in [3.8, 4) is 0 Å². The first-order valence-corrected chi connectivity index (χ1v) is 8.00. The van der Waals surface area contributed by atoms with Crippen molar-refractivity contribution in [2.45, 2.75) is 38.5 Å². The summed E-state index contributed by atoms with van der Waals surface area (Å²) in [5.41, 5.74) is 0.694. The normalized spacial score (nSPS) is 19.6. The molecular formula is C13H19N3O3S. The Labute approximate surface area is 119 Å². The number of hydrogen-bond acceptors (Lipinski definition) is 5. The van der Waals surface area contributed by atoms with Crippen LogP contribution >= 0.6 is 0 Å². The van der Waals surface area contributed by atoms with Crippen molar-refractivity contribution in [3.05, 3.63) is 23.9 Å². The first-order chi connectivity index (χ1) is 9.30. The molecule has 0 atom stereocenters. The molecular weight excluding hydrogens is 278 g/mol. The number of aromatic nitrogens is 1. The Hall–Kier alpha value is -1.63. The Morgan fingerprint density at radius 1 is 1.35 bits per heavy atom. The van der Waals surface area contributed by atoms with E-state index in [4.69, 9.17) is 0 Å². The molecule has 1 aromatic heterocycles. The molecule has 0 radical (unpaired) electrons. The highest BCUT2D eigenvalue weighted by Gasteiger charge is 2.59. The highest BCUT2D eigenvalue weighted by atomic mass is 32.2. The van der Waals surface area contributed by atoms with E-state index >= 15 is 0 Å². The van der Waals surface area contributed by atoms with Gasteiger partial charge in [0.15, 0.2) is 4.75 Å². The third-order valence-electron chi connectivity index (χ3n) is 3.38. The number of nitrogens with zero attached hydrogens (tertiary/aromatic N) is 2. The summed E-state index contributed by atoms with van der Waals surface area (Å²) in [4.78, 5) is 16.0. The molecule has 1 aliphatic rings. The average Bonchev–Trinajstić information content (AvgIpc) is 2.42. The average molecular weight is 297 g/mol. The van der Waals surface area contributed by atoms with Gasteiger partial charge in [-0.3, -0.25) is 4.79 Å². The summed E-state index contributed by atoms with van der Waals surface area (Å²) < 4.78 is 23.5. The molecule has 0 spiro atoms. The minimum absolute atomic E-state index is 0.0473. The molecule has 0 bridgehead atoms. The van der Waals surface area contributed by atoms with Gasteiger partial charge in [0.2, 0.25) is 0 Å². The van der Waals surface area contributed by atoms with Crippen LogP contribution in [0.25, 0.3) is 0 Å². The predicted octanol–water partition coefficient (Wildman–Crippen LogP) is 1.35. The van der Waals surface area contributed by atoms with E-state index in [2.05, 4.69) is 17.2 Å². The van der Waals surface area contributed by atoms with Crippen molar-refractivity contribution in [2.75, 3.05) is 11.9 Å². The lowest BCUT2D eigenvalue weighted by molar-refractivity contribution is -0.132. The van der Waals surface area contributed by atoms with Crippen LogP contribution in [0.3, 0.4) is 0 Å². The summed E-state index contributed by atoms with van der Waals surface area (Å²) in [6.07, 6.45) is 2.59. The maximum atomic E-state index is 12.0. The minimum atomic E-state index is -3.53. The van der Waals surface area contributed by atoms with Gasteiger partial charge in [-0.15, -0.1) is 0 Å². The van der Waals surface area contributed by atoms with Crippen molar-refractivity contribution in [1.82, 2.24) is 9.29 Å². The van der Waals surface area contributed by atoms with Crippen LogP contribution in [0.2, 0.25) is 0 Å². The molecule has 1 saturated heterocycles. The Morgan fingerprint density at radius 2 is 2.05 bits per heavy atom. The molecule has 2 rings (SSSR count). The molecule has 0 aromatic carbocycles. The lowest BCUT2D eigenvalue weighted by Gasteiger charge is -2.42. The van der Waals surface area contributed by atoms with E-state index in [1.165, 1.54) is 13.8 Å². The van der Waals surface area contributed by atoms with E-state index in [9.17, 15) is 13.2 Å². The molecule has 1 aromatic rings. The Morgan fingerprint density at radius 3 is 2.55 bits per heavy atom. The number of pyridine rings is 1. The maximum absolute atomic E-state index is 12.0. The van der Waals surface area contributed by atoms with E-state index in [-0.39, 0.29) is 12.5 Å². The highest BCUT2D eigenvalue weighted by Crippen LogP contribution is 2.35. The largest absolute Gasteiger partial charge is 0.370 e. The fraction of sp³-hybridized carbons (Fsp3) is 0.538. The molecule has 0 aliphatic carbocycles. The second-order valence-corrected chi connectivity index (χ2v) is 7.72. The molecule has 1 aliphatic heterocycles. The second-order valence-electron chi connectivity index (χ2n) is 5.31. The van der Waals surface area contributed by atoms with Crippen molar-refractivity contribution in [3.63, 3.8) is 0 Å². The molecule has 6 nitrogen and oxygen atoms in total. The van der Waals surface area contributed by atoms with Crippen LogP contribution in [0.5, 0.6) is 0 Å². The number of amides is 1. The zero-order valence-corrected chi connectivity index (χ0v) is 12.7. The first-order valence-electron chi connectivity index (χ1n) is 6.56. The molecule has 2 heterocycles. The Kier molecular flexibility index (Phi) is 3.73. The minimum Gasteiger partial charge on any atom is -0.370 e. The van der Waals surface area contributed by atoms with Crippen molar-refractivity contribution < 1.29 is 13.2 Å². The monoisotopic (exact) mass is 297 g/mol. The van der Waals surface area contributed by atoms with E-state index in [0.29, 0.717) is 5.56 Å². The van der Waals surface area contributed by atoms with Crippen molar-refractivity contribution in [1.29, 1.82) is 0 Å². The van der Waals surface area contributed by atoms with Crippen LogP contribution in [0, 0.1) is 0 Å². The van der Waals surface area contributed by atoms with Gasteiger partial charge in [-0.2, -0.15) is 0 Å². The zero-order valence-electron chi connectivity index (χ0n) is 11.9.